The quantitative estimate of drug-likeness (QED) is 0.818. The van der Waals surface area contributed by atoms with Crippen LogP contribution in [0.5, 0.6) is 0 Å². The molecule has 0 spiro atoms. The minimum absolute atomic E-state index is 0.336. The molecule has 1 rings (SSSR count). The van der Waals surface area contributed by atoms with Crippen molar-refractivity contribution in [2.24, 2.45) is 0 Å². The number of para-hydroxylation sites is 1. The van der Waals surface area contributed by atoms with E-state index in [-0.39, 0.29) is 5.97 Å². The van der Waals surface area contributed by atoms with Gasteiger partial charge in [0.25, 0.3) is 0 Å². The molecule has 0 saturated carbocycles. The second kappa shape index (κ2) is 7.79. The van der Waals surface area contributed by atoms with Gasteiger partial charge in [0.2, 0.25) is 0 Å². The maximum atomic E-state index is 11.8. The summed E-state index contributed by atoms with van der Waals surface area (Å²) in [5, 5.41) is 5.76. The van der Waals surface area contributed by atoms with Crippen LogP contribution in [0.3, 0.4) is 0 Å². The van der Waals surface area contributed by atoms with Gasteiger partial charge in [-0.3, -0.25) is 10.1 Å². The molecule has 122 valence electrons. The summed E-state index contributed by atoms with van der Waals surface area (Å²) >= 11 is 0. The third kappa shape index (κ3) is 6.13. The Labute approximate surface area is 131 Å². The summed E-state index contributed by atoms with van der Waals surface area (Å²) in [6.45, 7) is 7.55. The van der Waals surface area contributed by atoms with Crippen molar-refractivity contribution < 1.29 is 19.1 Å². The number of carbonyl (C=O) groups is 2. The molecular formula is C16H24N2O4. The average molecular weight is 308 g/mol. The number of hydrogen-bond donors (Lipinski definition) is 2. The number of anilines is 1. The molecule has 22 heavy (non-hydrogen) atoms. The highest BCUT2D eigenvalue weighted by Gasteiger charge is 2.17. The zero-order valence-corrected chi connectivity index (χ0v) is 13.7. The molecule has 2 N–H and O–H groups in total. The van der Waals surface area contributed by atoms with E-state index in [0.717, 1.165) is 5.56 Å². The summed E-state index contributed by atoms with van der Waals surface area (Å²) in [7, 11) is 1.35. The van der Waals surface area contributed by atoms with Gasteiger partial charge in [-0.15, -0.1) is 0 Å². The highest BCUT2D eigenvalue weighted by molar-refractivity contribution is 5.86. The number of ether oxygens (including phenoxy) is 2. The molecule has 0 saturated heterocycles. The standard InChI is InChI=1S/C16H24N2O4/c1-11(14(19)21-5)17-10-12-8-6-7-9-13(12)18-15(20)22-16(2,3)4/h6-9,11,17H,10H2,1-5H3,(H,18,20)/t11-/m0/s1. The van der Waals surface area contributed by atoms with E-state index < -0.39 is 17.7 Å². The van der Waals surface area contributed by atoms with Crippen molar-refractivity contribution in [1.29, 1.82) is 0 Å². The molecule has 6 nitrogen and oxygen atoms in total. The summed E-state index contributed by atoms with van der Waals surface area (Å²) in [6, 6.07) is 6.90. The number of hydrogen-bond acceptors (Lipinski definition) is 5. The summed E-state index contributed by atoms with van der Waals surface area (Å²) in [4.78, 5) is 23.2. The van der Waals surface area contributed by atoms with Gasteiger partial charge in [0, 0.05) is 12.2 Å². The monoisotopic (exact) mass is 308 g/mol. The van der Waals surface area contributed by atoms with Crippen LogP contribution in [0.15, 0.2) is 24.3 Å². The molecule has 0 radical (unpaired) electrons. The zero-order chi connectivity index (χ0) is 16.8. The van der Waals surface area contributed by atoms with Crippen molar-refractivity contribution in [2.75, 3.05) is 12.4 Å². The van der Waals surface area contributed by atoms with Gasteiger partial charge in [0.1, 0.15) is 11.6 Å². The molecule has 0 aliphatic carbocycles. The summed E-state index contributed by atoms with van der Waals surface area (Å²) in [6.07, 6.45) is -0.513. The molecule has 1 atom stereocenters. The van der Waals surface area contributed by atoms with Crippen molar-refractivity contribution in [1.82, 2.24) is 5.32 Å². The van der Waals surface area contributed by atoms with Crippen LogP contribution in [0.4, 0.5) is 10.5 Å². The lowest BCUT2D eigenvalue weighted by Crippen LogP contribution is -2.34. The van der Waals surface area contributed by atoms with E-state index in [4.69, 9.17) is 4.74 Å². The number of methoxy groups -OCH3 is 1. The highest BCUT2D eigenvalue weighted by Crippen LogP contribution is 2.17. The van der Waals surface area contributed by atoms with Crippen molar-refractivity contribution >= 4 is 17.7 Å². The Morgan fingerprint density at radius 1 is 1.23 bits per heavy atom. The van der Waals surface area contributed by atoms with Crippen LogP contribution in [0.25, 0.3) is 0 Å². The summed E-state index contributed by atoms with van der Waals surface area (Å²) < 4.78 is 9.89. The number of amides is 1. The van der Waals surface area contributed by atoms with Crippen LogP contribution in [0, 0.1) is 0 Å². The number of nitrogens with one attached hydrogen (secondary N) is 2. The highest BCUT2D eigenvalue weighted by atomic mass is 16.6. The van der Waals surface area contributed by atoms with Crippen LogP contribution in [0.1, 0.15) is 33.3 Å². The maximum absolute atomic E-state index is 11.8. The molecule has 1 aromatic rings. The largest absolute Gasteiger partial charge is 0.468 e. The Kier molecular flexibility index (Phi) is 6.37. The smallest absolute Gasteiger partial charge is 0.412 e. The first kappa shape index (κ1) is 18.0. The van der Waals surface area contributed by atoms with Gasteiger partial charge in [-0.1, -0.05) is 18.2 Å². The fourth-order valence-electron chi connectivity index (χ4n) is 1.73. The summed E-state index contributed by atoms with van der Waals surface area (Å²) in [5.41, 5.74) is 0.932. The minimum atomic E-state index is -0.559. The minimum Gasteiger partial charge on any atom is -0.468 e. The van der Waals surface area contributed by atoms with Crippen molar-refractivity contribution in [3.8, 4) is 0 Å². The van der Waals surface area contributed by atoms with Gasteiger partial charge >= 0.3 is 12.1 Å². The van der Waals surface area contributed by atoms with E-state index >= 15 is 0 Å². The third-order valence-electron chi connectivity index (χ3n) is 2.81. The zero-order valence-electron chi connectivity index (χ0n) is 13.7. The van der Waals surface area contributed by atoms with E-state index in [9.17, 15) is 9.59 Å². The first-order valence-electron chi connectivity index (χ1n) is 7.12. The molecule has 0 aromatic heterocycles. The van der Waals surface area contributed by atoms with Crippen LogP contribution in [-0.4, -0.2) is 30.8 Å². The first-order chi connectivity index (χ1) is 10.2. The Balaban J connectivity index is 2.70. The normalized spacial score (nSPS) is 12.4. The molecule has 1 amide bonds. The maximum Gasteiger partial charge on any atom is 0.412 e. The van der Waals surface area contributed by atoms with E-state index in [1.54, 1.807) is 33.8 Å². The molecule has 0 heterocycles. The fourth-order valence-corrected chi connectivity index (χ4v) is 1.73. The van der Waals surface area contributed by atoms with Gasteiger partial charge in [-0.2, -0.15) is 0 Å². The van der Waals surface area contributed by atoms with Crippen LogP contribution >= 0.6 is 0 Å². The lowest BCUT2D eigenvalue weighted by molar-refractivity contribution is -0.142. The SMILES string of the molecule is COC(=O)[C@H](C)NCc1ccccc1NC(=O)OC(C)(C)C. The molecule has 0 bridgehead atoms. The number of benzene rings is 1. The van der Waals surface area contributed by atoms with Crippen molar-refractivity contribution in [3.05, 3.63) is 29.8 Å². The molecule has 0 fully saturated rings. The third-order valence-corrected chi connectivity index (χ3v) is 2.81. The Hall–Kier alpha value is -2.08. The number of rotatable bonds is 5. The lowest BCUT2D eigenvalue weighted by atomic mass is 10.1. The van der Waals surface area contributed by atoms with E-state index in [1.807, 2.05) is 18.2 Å². The first-order valence-corrected chi connectivity index (χ1v) is 7.12. The van der Waals surface area contributed by atoms with E-state index in [1.165, 1.54) is 7.11 Å². The Morgan fingerprint density at radius 2 is 1.86 bits per heavy atom. The topological polar surface area (TPSA) is 76.7 Å². The second-order valence-electron chi connectivity index (χ2n) is 5.91. The Morgan fingerprint density at radius 3 is 2.45 bits per heavy atom. The second-order valence-corrected chi connectivity index (χ2v) is 5.91. The summed E-state index contributed by atoms with van der Waals surface area (Å²) in [5.74, 6) is -0.336. The molecule has 0 unspecified atom stereocenters. The van der Waals surface area contributed by atoms with E-state index in [0.29, 0.717) is 12.2 Å². The lowest BCUT2D eigenvalue weighted by Gasteiger charge is -2.20. The number of carbonyl (C=O) groups excluding carboxylic acids is 2. The molecule has 1 aromatic carbocycles. The predicted molar refractivity (Wildman–Crippen MR) is 84.6 cm³/mol. The van der Waals surface area contributed by atoms with Crippen molar-refractivity contribution in [3.63, 3.8) is 0 Å². The van der Waals surface area contributed by atoms with Crippen LogP contribution < -0.4 is 10.6 Å². The van der Waals surface area contributed by atoms with Crippen molar-refractivity contribution in [2.45, 2.75) is 45.9 Å². The molecule has 6 heteroatoms. The molecule has 0 aliphatic rings. The fraction of sp³-hybridized carbons (Fsp3) is 0.500. The molecular weight excluding hydrogens is 284 g/mol. The van der Waals surface area contributed by atoms with Crippen LogP contribution in [-0.2, 0) is 20.8 Å². The average Bonchev–Trinajstić information content (AvgIpc) is 2.43. The van der Waals surface area contributed by atoms with Gasteiger partial charge in [-0.05, 0) is 39.3 Å². The number of esters is 1. The van der Waals surface area contributed by atoms with Gasteiger partial charge in [0.05, 0.1) is 7.11 Å². The Bertz CT molecular complexity index is 523. The van der Waals surface area contributed by atoms with Crippen LogP contribution in [0.2, 0.25) is 0 Å². The van der Waals surface area contributed by atoms with Gasteiger partial charge in [-0.25, -0.2) is 4.79 Å². The van der Waals surface area contributed by atoms with E-state index in [2.05, 4.69) is 15.4 Å². The van der Waals surface area contributed by atoms with Gasteiger partial charge in [0.15, 0.2) is 0 Å². The predicted octanol–water partition coefficient (Wildman–Crippen LogP) is 2.68. The van der Waals surface area contributed by atoms with Gasteiger partial charge < -0.3 is 14.8 Å². The molecule has 0 aliphatic heterocycles.